The highest BCUT2D eigenvalue weighted by Crippen LogP contribution is 2.18. The normalized spacial score (nSPS) is 10.7. The van der Waals surface area contributed by atoms with E-state index in [2.05, 4.69) is 16.4 Å². The molecule has 0 unspecified atom stereocenters. The molecule has 1 amide bonds. The molecule has 4 nitrogen and oxygen atoms in total. The minimum absolute atomic E-state index is 0.105. The number of ether oxygens (including phenoxy) is 1. The number of hydrogen-bond acceptors (Lipinski definition) is 2. The number of carbonyl (C=O) groups excluding carboxylic acids is 1. The molecule has 2 aromatic carbocycles. The summed E-state index contributed by atoms with van der Waals surface area (Å²) in [6.45, 7) is 0.709. The predicted molar refractivity (Wildman–Crippen MR) is 91.5 cm³/mol. The first-order valence-electron chi connectivity index (χ1n) is 7.93. The van der Waals surface area contributed by atoms with Gasteiger partial charge in [0.15, 0.2) is 11.6 Å². The standard InChI is InChI=1S/C19H19FN2O2/c20-16-6-2-4-8-18(16)24-12-10-19(23)21-11-9-14-13-22-17-7-3-1-5-15(14)17/h1-8,13,22H,9-12H2,(H,21,23). The first kappa shape index (κ1) is 16.1. The molecular formula is C19H19FN2O2. The SMILES string of the molecule is O=C(CCOc1ccccc1F)NCCc1c[nH]c2ccccc12. The molecule has 0 aliphatic rings. The van der Waals surface area contributed by atoms with Crippen molar-refractivity contribution in [3.8, 4) is 5.75 Å². The van der Waals surface area contributed by atoms with Gasteiger partial charge in [-0.1, -0.05) is 30.3 Å². The number of carbonyl (C=O) groups is 1. The lowest BCUT2D eigenvalue weighted by molar-refractivity contribution is -0.121. The van der Waals surface area contributed by atoms with Crippen molar-refractivity contribution in [1.29, 1.82) is 0 Å². The predicted octanol–water partition coefficient (Wildman–Crippen LogP) is 3.43. The Hall–Kier alpha value is -2.82. The van der Waals surface area contributed by atoms with Gasteiger partial charge in [0.25, 0.3) is 0 Å². The van der Waals surface area contributed by atoms with Crippen molar-refractivity contribution in [2.24, 2.45) is 0 Å². The van der Waals surface area contributed by atoms with Gasteiger partial charge in [0.05, 0.1) is 13.0 Å². The number of para-hydroxylation sites is 2. The van der Waals surface area contributed by atoms with Crippen LogP contribution in [0.15, 0.2) is 54.7 Å². The minimum atomic E-state index is -0.419. The molecule has 1 aromatic heterocycles. The smallest absolute Gasteiger partial charge is 0.223 e. The second-order valence-electron chi connectivity index (χ2n) is 5.49. The van der Waals surface area contributed by atoms with Gasteiger partial charge in [-0.15, -0.1) is 0 Å². The molecule has 124 valence electrons. The summed E-state index contributed by atoms with van der Waals surface area (Å²) in [5, 5.41) is 4.04. The average molecular weight is 326 g/mol. The molecule has 5 heteroatoms. The fraction of sp³-hybridized carbons (Fsp3) is 0.211. The lowest BCUT2D eigenvalue weighted by atomic mass is 10.1. The van der Waals surface area contributed by atoms with Crippen LogP contribution >= 0.6 is 0 Å². The molecule has 0 radical (unpaired) electrons. The number of benzene rings is 2. The number of hydrogen-bond donors (Lipinski definition) is 2. The number of aromatic nitrogens is 1. The Morgan fingerprint density at radius 2 is 1.92 bits per heavy atom. The Bertz CT molecular complexity index is 829. The second-order valence-corrected chi connectivity index (χ2v) is 5.49. The second kappa shape index (κ2) is 7.64. The van der Waals surface area contributed by atoms with Crippen molar-refractivity contribution in [3.63, 3.8) is 0 Å². The summed E-state index contributed by atoms with van der Waals surface area (Å²) in [7, 11) is 0. The van der Waals surface area contributed by atoms with E-state index in [4.69, 9.17) is 4.74 Å². The largest absolute Gasteiger partial charge is 0.490 e. The van der Waals surface area contributed by atoms with Crippen LogP contribution in [0.5, 0.6) is 5.75 Å². The van der Waals surface area contributed by atoms with Crippen molar-refractivity contribution in [2.75, 3.05) is 13.2 Å². The van der Waals surface area contributed by atoms with Crippen LogP contribution in [0.25, 0.3) is 10.9 Å². The van der Waals surface area contributed by atoms with Crippen LogP contribution < -0.4 is 10.1 Å². The Morgan fingerprint density at radius 1 is 1.12 bits per heavy atom. The molecule has 0 spiro atoms. The number of H-pyrrole nitrogens is 1. The van der Waals surface area contributed by atoms with Crippen molar-refractivity contribution >= 4 is 16.8 Å². The van der Waals surface area contributed by atoms with Gasteiger partial charge in [-0.2, -0.15) is 0 Å². The van der Waals surface area contributed by atoms with Gasteiger partial charge in [-0.25, -0.2) is 4.39 Å². The van der Waals surface area contributed by atoms with Gasteiger partial charge < -0.3 is 15.0 Å². The molecule has 3 rings (SSSR count). The third kappa shape index (κ3) is 3.93. The average Bonchev–Trinajstić information content (AvgIpc) is 3.00. The topological polar surface area (TPSA) is 54.1 Å². The zero-order valence-corrected chi connectivity index (χ0v) is 13.2. The summed E-state index contributed by atoms with van der Waals surface area (Å²) in [6.07, 6.45) is 2.92. The minimum Gasteiger partial charge on any atom is -0.490 e. The molecule has 3 aromatic rings. The van der Waals surface area contributed by atoms with Crippen LogP contribution in [-0.2, 0) is 11.2 Å². The Morgan fingerprint density at radius 3 is 2.79 bits per heavy atom. The maximum Gasteiger partial charge on any atom is 0.223 e. The van der Waals surface area contributed by atoms with Crippen LogP contribution in [0.3, 0.4) is 0 Å². The number of amides is 1. The van der Waals surface area contributed by atoms with Crippen molar-refractivity contribution in [2.45, 2.75) is 12.8 Å². The summed E-state index contributed by atoms with van der Waals surface area (Å²) < 4.78 is 18.6. The van der Waals surface area contributed by atoms with E-state index < -0.39 is 5.82 Å². The lowest BCUT2D eigenvalue weighted by Gasteiger charge is -2.07. The van der Waals surface area contributed by atoms with E-state index >= 15 is 0 Å². The maximum absolute atomic E-state index is 13.4. The van der Waals surface area contributed by atoms with Crippen LogP contribution in [0.2, 0.25) is 0 Å². The quantitative estimate of drug-likeness (QED) is 0.699. The molecule has 0 aliphatic heterocycles. The van der Waals surface area contributed by atoms with Crippen LogP contribution in [0.4, 0.5) is 4.39 Å². The highest BCUT2D eigenvalue weighted by atomic mass is 19.1. The zero-order chi connectivity index (χ0) is 16.8. The molecule has 1 heterocycles. The molecular weight excluding hydrogens is 307 g/mol. The summed E-state index contributed by atoms with van der Waals surface area (Å²) in [5.41, 5.74) is 2.27. The Balaban J connectivity index is 1.41. The van der Waals surface area contributed by atoms with Crippen molar-refractivity contribution < 1.29 is 13.9 Å². The number of halogens is 1. The monoisotopic (exact) mass is 326 g/mol. The maximum atomic E-state index is 13.4. The molecule has 2 N–H and O–H groups in total. The van der Waals surface area contributed by atoms with Crippen LogP contribution in [0.1, 0.15) is 12.0 Å². The summed E-state index contributed by atoms with van der Waals surface area (Å²) in [4.78, 5) is 15.0. The number of fused-ring (bicyclic) bond motifs is 1. The van der Waals surface area contributed by atoms with Crippen LogP contribution in [-0.4, -0.2) is 24.0 Å². The van der Waals surface area contributed by atoms with Gasteiger partial charge in [0.2, 0.25) is 5.91 Å². The lowest BCUT2D eigenvalue weighted by Crippen LogP contribution is -2.27. The van der Waals surface area contributed by atoms with E-state index in [1.807, 2.05) is 24.4 Å². The third-order valence-corrected chi connectivity index (χ3v) is 3.81. The van der Waals surface area contributed by atoms with Gasteiger partial charge in [-0.3, -0.25) is 4.79 Å². The van der Waals surface area contributed by atoms with Gasteiger partial charge in [-0.05, 0) is 30.2 Å². The first-order valence-corrected chi connectivity index (χ1v) is 7.93. The molecule has 0 saturated heterocycles. The molecule has 0 atom stereocenters. The molecule has 0 bridgehead atoms. The molecule has 0 fully saturated rings. The van der Waals surface area contributed by atoms with E-state index in [1.165, 1.54) is 17.0 Å². The molecule has 0 aliphatic carbocycles. The Kier molecular flexibility index (Phi) is 5.11. The summed E-state index contributed by atoms with van der Waals surface area (Å²) >= 11 is 0. The number of nitrogens with one attached hydrogen (secondary N) is 2. The summed E-state index contributed by atoms with van der Waals surface area (Å²) in [5.74, 6) is -0.354. The van der Waals surface area contributed by atoms with E-state index in [-0.39, 0.29) is 24.7 Å². The Labute approximate surface area is 139 Å². The highest BCUT2D eigenvalue weighted by molar-refractivity contribution is 5.83. The van der Waals surface area contributed by atoms with E-state index in [1.54, 1.807) is 18.2 Å². The van der Waals surface area contributed by atoms with E-state index in [0.29, 0.717) is 6.54 Å². The van der Waals surface area contributed by atoms with Gasteiger partial charge in [0.1, 0.15) is 0 Å². The third-order valence-electron chi connectivity index (χ3n) is 3.81. The van der Waals surface area contributed by atoms with Gasteiger partial charge >= 0.3 is 0 Å². The fourth-order valence-corrected chi connectivity index (χ4v) is 2.58. The van der Waals surface area contributed by atoms with E-state index in [9.17, 15) is 9.18 Å². The van der Waals surface area contributed by atoms with Crippen LogP contribution in [0, 0.1) is 5.82 Å². The molecule has 24 heavy (non-hydrogen) atoms. The van der Waals surface area contributed by atoms with Crippen molar-refractivity contribution in [1.82, 2.24) is 10.3 Å². The van der Waals surface area contributed by atoms with E-state index in [0.717, 1.165) is 11.9 Å². The highest BCUT2D eigenvalue weighted by Gasteiger charge is 2.06. The van der Waals surface area contributed by atoms with Gasteiger partial charge in [0, 0.05) is 23.6 Å². The zero-order valence-electron chi connectivity index (χ0n) is 13.2. The van der Waals surface area contributed by atoms with Crippen molar-refractivity contribution in [3.05, 3.63) is 66.1 Å². The number of rotatable bonds is 7. The number of aromatic amines is 1. The molecule has 0 saturated carbocycles. The fourth-order valence-electron chi connectivity index (χ4n) is 2.58. The first-order chi connectivity index (χ1) is 11.7. The summed E-state index contributed by atoms with van der Waals surface area (Å²) in [6, 6.07) is 14.2.